The van der Waals surface area contributed by atoms with E-state index in [2.05, 4.69) is 4.90 Å². The second-order valence-corrected chi connectivity index (χ2v) is 9.20. The lowest BCUT2D eigenvalue weighted by Crippen LogP contribution is -2.38. The first-order chi connectivity index (χ1) is 16.2. The Kier molecular flexibility index (Phi) is 8.63. The van der Waals surface area contributed by atoms with Crippen LogP contribution >= 0.6 is 23.2 Å². The predicted molar refractivity (Wildman–Crippen MR) is 135 cm³/mol. The standard InChI is InChI=1S/C26H30Cl2N2O4/c1-5-29(6-2)13-14-30-23(18-9-12-20(27)21(28)15-18)22(25(32)26(30)33)24(31)17-7-10-19(11-8-17)34-16(3)4/h7-12,15-16,23,31H,5-6,13-14H2,1-4H3/b24-22+/t23-/m0/s1. The van der Waals surface area contributed by atoms with Gasteiger partial charge in [0, 0.05) is 18.7 Å². The van der Waals surface area contributed by atoms with Crippen molar-refractivity contribution in [3.63, 3.8) is 0 Å². The molecule has 1 saturated heterocycles. The third kappa shape index (κ3) is 5.57. The monoisotopic (exact) mass is 504 g/mol. The lowest BCUT2D eigenvalue weighted by atomic mass is 9.95. The van der Waals surface area contributed by atoms with Crippen LogP contribution in [0.2, 0.25) is 10.0 Å². The molecule has 182 valence electrons. The number of benzene rings is 2. The van der Waals surface area contributed by atoms with Gasteiger partial charge < -0.3 is 19.6 Å². The molecule has 0 bridgehead atoms. The molecule has 0 saturated carbocycles. The molecule has 2 aromatic carbocycles. The highest BCUT2D eigenvalue weighted by Crippen LogP contribution is 2.41. The number of aliphatic hydroxyl groups excluding tert-OH is 1. The smallest absolute Gasteiger partial charge is 0.295 e. The van der Waals surface area contributed by atoms with Crippen LogP contribution in [0.15, 0.2) is 48.0 Å². The normalized spacial score (nSPS) is 17.8. The van der Waals surface area contributed by atoms with Gasteiger partial charge in [-0.15, -0.1) is 0 Å². The molecule has 1 atom stereocenters. The van der Waals surface area contributed by atoms with Crippen molar-refractivity contribution in [3.8, 4) is 5.75 Å². The van der Waals surface area contributed by atoms with Crippen LogP contribution in [-0.2, 0) is 9.59 Å². The van der Waals surface area contributed by atoms with Crippen molar-refractivity contribution in [2.75, 3.05) is 26.2 Å². The molecule has 0 unspecified atom stereocenters. The van der Waals surface area contributed by atoms with E-state index in [9.17, 15) is 14.7 Å². The van der Waals surface area contributed by atoms with Crippen molar-refractivity contribution in [2.24, 2.45) is 0 Å². The van der Waals surface area contributed by atoms with Gasteiger partial charge >= 0.3 is 0 Å². The summed E-state index contributed by atoms with van der Waals surface area (Å²) in [5, 5.41) is 11.9. The first-order valence-electron chi connectivity index (χ1n) is 11.4. The summed E-state index contributed by atoms with van der Waals surface area (Å²) in [5.41, 5.74) is 1.05. The van der Waals surface area contributed by atoms with E-state index in [1.165, 1.54) is 4.90 Å². The quantitative estimate of drug-likeness (QED) is 0.275. The van der Waals surface area contributed by atoms with E-state index in [4.69, 9.17) is 27.9 Å². The van der Waals surface area contributed by atoms with Crippen LogP contribution in [0.4, 0.5) is 0 Å². The molecule has 8 heteroatoms. The van der Waals surface area contributed by atoms with E-state index in [0.29, 0.717) is 40.0 Å². The summed E-state index contributed by atoms with van der Waals surface area (Å²) in [6, 6.07) is 11.0. The van der Waals surface area contributed by atoms with Crippen molar-refractivity contribution in [2.45, 2.75) is 39.8 Å². The zero-order valence-corrected chi connectivity index (χ0v) is 21.4. The maximum atomic E-state index is 13.2. The van der Waals surface area contributed by atoms with Crippen molar-refractivity contribution >= 4 is 40.7 Å². The zero-order valence-electron chi connectivity index (χ0n) is 19.8. The number of ketones is 1. The predicted octanol–water partition coefficient (Wildman–Crippen LogP) is 5.54. The number of ether oxygens (including phenoxy) is 1. The minimum absolute atomic E-state index is 0.00484. The van der Waals surface area contributed by atoms with Crippen molar-refractivity contribution < 1.29 is 19.4 Å². The molecule has 0 radical (unpaired) electrons. The summed E-state index contributed by atoms with van der Waals surface area (Å²) in [5.74, 6) is -0.969. The summed E-state index contributed by atoms with van der Waals surface area (Å²) in [4.78, 5) is 29.9. The van der Waals surface area contributed by atoms with Crippen LogP contribution in [0.3, 0.4) is 0 Å². The number of halogens is 2. The van der Waals surface area contributed by atoms with Gasteiger partial charge in [0.05, 0.1) is 27.8 Å². The Morgan fingerprint density at radius 3 is 2.26 bits per heavy atom. The first kappa shape index (κ1) is 26.1. The molecular weight excluding hydrogens is 475 g/mol. The molecule has 3 rings (SSSR count). The number of carbonyl (C=O) groups excluding carboxylic acids is 2. The molecule has 1 N–H and O–H groups in total. The maximum Gasteiger partial charge on any atom is 0.295 e. The highest BCUT2D eigenvalue weighted by atomic mass is 35.5. The van der Waals surface area contributed by atoms with Gasteiger partial charge in [0.25, 0.3) is 11.7 Å². The molecule has 0 aromatic heterocycles. The zero-order chi connectivity index (χ0) is 25.0. The van der Waals surface area contributed by atoms with Gasteiger partial charge in [-0.1, -0.05) is 43.1 Å². The number of Topliss-reactive ketones (excluding diaryl/α,β-unsaturated/α-hetero) is 1. The van der Waals surface area contributed by atoms with Crippen LogP contribution in [0.25, 0.3) is 5.76 Å². The highest BCUT2D eigenvalue weighted by molar-refractivity contribution is 6.46. The minimum Gasteiger partial charge on any atom is -0.507 e. The maximum absolute atomic E-state index is 13.2. The van der Waals surface area contributed by atoms with Crippen molar-refractivity contribution in [3.05, 3.63) is 69.2 Å². The topological polar surface area (TPSA) is 70.1 Å². The summed E-state index contributed by atoms with van der Waals surface area (Å²) < 4.78 is 5.66. The number of likely N-dealkylation sites (N-methyl/N-ethyl adjacent to an activating group) is 1. The van der Waals surface area contributed by atoms with Crippen LogP contribution < -0.4 is 4.74 Å². The van der Waals surface area contributed by atoms with Gasteiger partial charge in [0.1, 0.15) is 11.5 Å². The van der Waals surface area contributed by atoms with Gasteiger partial charge in [-0.05, 0) is 68.9 Å². The first-order valence-corrected chi connectivity index (χ1v) is 12.2. The number of amides is 1. The number of likely N-dealkylation sites (tertiary alicyclic amines) is 1. The van der Waals surface area contributed by atoms with E-state index < -0.39 is 17.7 Å². The largest absolute Gasteiger partial charge is 0.507 e. The Balaban J connectivity index is 2.07. The van der Waals surface area contributed by atoms with E-state index in [-0.39, 0.29) is 17.4 Å². The van der Waals surface area contributed by atoms with Crippen LogP contribution in [0.5, 0.6) is 5.75 Å². The Morgan fingerprint density at radius 1 is 1.06 bits per heavy atom. The van der Waals surface area contributed by atoms with Gasteiger partial charge in [-0.2, -0.15) is 0 Å². The molecule has 1 aliphatic rings. The number of rotatable bonds is 9. The van der Waals surface area contributed by atoms with Gasteiger partial charge in [-0.3, -0.25) is 9.59 Å². The number of hydrogen-bond donors (Lipinski definition) is 1. The summed E-state index contributed by atoms with van der Waals surface area (Å²) >= 11 is 12.4. The Hall–Kier alpha value is -2.54. The van der Waals surface area contributed by atoms with Gasteiger partial charge in [0.2, 0.25) is 0 Å². The number of aliphatic hydroxyl groups is 1. The third-order valence-electron chi connectivity index (χ3n) is 5.85. The van der Waals surface area contributed by atoms with Crippen LogP contribution in [0, 0.1) is 0 Å². The molecule has 2 aromatic rings. The Bertz CT molecular complexity index is 1080. The summed E-state index contributed by atoms with van der Waals surface area (Å²) in [7, 11) is 0. The van der Waals surface area contributed by atoms with Gasteiger partial charge in [-0.25, -0.2) is 0 Å². The molecular formula is C26H30Cl2N2O4. The van der Waals surface area contributed by atoms with Crippen molar-refractivity contribution in [1.82, 2.24) is 9.80 Å². The molecule has 34 heavy (non-hydrogen) atoms. The second-order valence-electron chi connectivity index (χ2n) is 8.38. The summed E-state index contributed by atoms with van der Waals surface area (Å²) in [6.07, 6.45) is 0.00484. The SMILES string of the molecule is CCN(CC)CCN1C(=O)C(=O)/C(=C(/O)c2ccc(OC(C)C)cc2)[C@@H]1c1ccc(Cl)c(Cl)c1. The number of nitrogens with zero attached hydrogens (tertiary/aromatic N) is 2. The minimum atomic E-state index is -0.781. The summed E-state index contributed by atoms with van der Waals surface area (Å²) in [6.45, 7) is 10.5. The average molecular weight is 505 g/mol. The van der Waals surface area contributed by atoms with E-state index in [1.54, 1.807) is 42.5 Å². The Morgan fingerprint density at radius 2 is 1.71 bits per heavy atom. The lowest BCUT2D eigenvalue weighted by Gasteiger charge is -2.28. The fourth-order valence-electron chi connectivity index (χ4n) is 4.05. The molecule has 0 aliphatic carbocycles. The second kappa shape index (κ2) is 11.3. The fraction of sp³-hybridized carbons (Fsp3) is 0.385. The number of hydrogen-bond acceptors (Lipinski definition) is 5. The highest BCUT2D eigenvalue weighted by Gasteiger charge is 2.46. The Labute approximate surface area is 210 Å². The van der Waals surface area contributed by atoms with E-state index in [0.717, 1.165) is 13.1 Å². The van der Waals surface area contributed by atoms with Crippen LogP contribution in [-0.4, -0.2) is 58.9 Å². The van der Waals surface area contributed by atoms with Gasteiger partial charge in [0.15, 0.2) is 0 Å². The van der Waals surface area contributed by atoms with E-state index in [1.807, 2.05) is 27.7 Å². The third-order valence-corrected chi connectivity index (χ3v) is 6.59. The molecule has 1 fully saturated rings. The number of carbonyl (C=O) groups is 2. The van der Waals surface area contributed by atoms with Crippen molar-refractivity contribution in [1.29, 1.82) is 0 Å². The fourth-order valence-corrected chi connectivity index (χ4v) is 4.35. The van der Waals surface area contributed by atoms with Crippen LogP contribution in [0.1, 0.15) is 44.9 Å². The molecule has 1 aliphatic heterocycles. The van der Waals surface area contributed by atoms with E-state index >= 15 is 0 Å². The molecule has 1 heterocycles. The lowest BCUT2D eigenvalue weighted by molar-refractivity contribution is -0.140. The molecule has 6 nitrogen and oxygen atoms in total. The average Bonchev–Trinajstić information content (AvgIpc) is 3.06. The molecule has 0 spiro atoms. The molecule has 1 amide bonds.